The summed E-state index contributed by atoms with van der Waals surface area (Å²) in [6.07, 6.45) is 0.121. The highest BCUT2D eigenvalue weighted by atomic mass is 16.7. The van der Waals surface area contributed by atoms with E-state index in [0.717, 1.165) is 4.57 Å². The molecule has 9 nitrogen and oxygen atoms in total. The molecule has 3 atom stereocenters. The van der Waals surface area contributed by atoms with Gasteiger partial charge in [-0.15, -0.1) is 0 Å². The Bertz CT molecular complexity index is 639. The number of carbonyl (C=O) groups is 1. The number of nitrogens with one attached hydrogen (secondary N) is 1. The standard InChI is InChI=1S/C11H14BN3O6/c12-11(19,21-9(17)5-13)6-1-2-8(20-6)15-4-3-7(16)14-10(15)18/h3-4,6,8,19H,1-2,5,13H2,(H,14,16,18)/t6?,8?,11-/m0/s1. The Hall–Kier alpha value is -1.91. The zero-order valence-corrected chi connectivity index (χ0v) is 11.0. The van der Waals surface area contributed by atoms with Crippen molar-refractivity contribution in [1.29, 1.82) is 0 Å². The lowest BCUT2D eigenvalue weighted by atomic mass is 9.87. The van der Waals surface area contributed by atoms with E-state index in [9.17, 15) is 19.5 Å². The Balaban J connectivity index is 2.11. The van der Waals surface area contributed by atoms with Gasteiger partial charge in [-0.3, -0.25) is 19.1 Å². The van der Waals surface area contributed by atoms with Crippen molar-refractivity contribution >= 4 is 13.8 Å². The molecule has 1 saturated heterocycles. The van der Waals surface area contributed by atoms with Crippen molar-refractivity contribution in [2.45, 2.75) is 30.9 Å². The number of nitrogens with zero attached hydrogens (tertiary/aromatic N) is 1. The van der Waals surface area contributed by atoms with Gasteiger partial charge in [-0.1, -0.05) is 0 Å². The van der Waals surface area contributed by atoms with Crippen LogP contribution in [0.1, 0.15) is 19.1 Å². The molecular weight excluding hydrogens is 281 g/mol. The van der Waals surface area contributed by atoms with Gasteiger partial charge in [0.15, 0.2) is 13.5 Å². The largest absolute Gasteiger partial charge is 0.440 e. The lowest BCUT2D eigenvalue weighted by molar-refractivity contribution is -0.214. The number of aliphatic hydroxyl groups is 1. The van der Waals surface area contributed by atoms with Gasteiger partial charge in [0.05, 0.1) is 6.54 Å². The van der Waals surface area contributed by atoms with Crippen LogP contribution in [0.15, 0.2) is 21.9 Å². The molecule has 21 heavy (non-hydrogen) atoms. The molecule has 1 aliphatic heterocycles. The fourth-order valence-corrected chi connectivity index (χ4v) is 2.07. The Labute approximate surface area is 120 Å². The number of rotatable bonds is 4. The monoisotopic (exact) mass is 295 g/mol. The van der Waals surface area contributed by atoms with Crippen LogP contribution in [-0.2, 0) is 14.3 Å². The first-order chi connectivity index (χ1) is 9.83. The fraction of sp³-hybridized carbons (Fsp3) is 0.545. The molecule has 2 unspecified atom stereocenters. The van der Waals surface area contributed by atoms with Crippen LogP contribution >= 0.6 is 0 Å². The van der Waals surface area contributed by atoms with Gasteiger partial charge in [0, 0.05) is 12.3 Å². The van der Waals surface area contributed by atoms with Crippen LogP contribution in [-0.4, -0.2) is 46.8 Å². The SMILES string of the molecule is [B][C@@](O)(OC(=O)CN)C1CCC(n2ccc(=O)[nH]c2=O)O1. The van der Waals surface area contributed by atoms with E-state index in [4.69, 9.17) is 18.3 Å². The van der Waals surface area contributed by atoms with Crippen LogP contribution in [0.4, 0.5) is 0 Å². The van der Waals surface area contributed by atoms with Crippen LogP contribution in [0, 0.1) is 0 Å². The highest BCUT2D eigenvalue weighted by Gasteiger charge is 2.42. The maximum atomic E-state index is 11.6. The van der Waals surface area contributed by atoms with E-state index in [1.54, 1.807) is 0 Å². The summed E-state index contributed by atoms with van der Waals surface area (Å²) in [4.78, 5) is 35.8. The molecule has 2 radical (unpaired) electrons. The van der Waals surface area contributed by atoms with Gasteiger partial charge >= 0.3 is 11.7 Å². The van der Waals surface area contributed by atoms with E-state index >= 15 is 0 Å². The first-order valence-electron chi connectivity index (χ1n) is 6.23. The first kappa shape index (κ1) is 15.5. The molecule has 0 bridgehead atoms. The molecule has 0 spiro atoms. The molecular formula is C11H14BN3O6. The summed E-state index contributed by atoms with van der Waals surface area (Å²) in [7, 11) is 5.49. The highest BCUT2D eigenvalue weighted by molar-refractivity contribution is 6.14. The van der Waals surface area contributed by atoms with Crippen molar-refractivity contribution in [3.05, 3.63) is 33.1 Å². The summed E-state index contributed by atoms with van der Waals surface area (Å²) >= 11 is 0. The molecule has 2 rings (SSSR count). The van der Waals surface area contributed by atoms with Gasteiger partial charge in [-0.25, -0.2) is 4.79 Å². The number of hydrogen-bond donors (Lipinski definition) is 3. The average Bonchev–Trinajstić information content (AvgIpc) is 2.88. The minimum absolute atomic E-state index is 0.251. The molecule has 0 saturated carbocycles. The van der Waals surface area contributed by atoms with Crippen molar-refractivity contribution in [3.63, 3.8) is 0 Å². The Kier molecular flexibility index (Phi) is 4.30. The number of nitrogens with two attached hydrogens (primary N) is 1. The normalized spacial score (nSPS) is 24.5. The van der Waals surface area contributed by atoms with E-state index in [0.29, 0.717) is 6.42 Å². The van der Waals surface area contributed by atoms with E-state index in [-0.39, 0.29) is 6.42 Å². The second-order valence-corrected chi connectivity index (χ2v) is 4.60. The predicted molar refractivity (Wildman–Crippen MR) is 70.3 cm³/mol. The van der Waals surface area contributed by atoms with Gasteiger partial charge < -0.3 is 20.3 Å². The number of aromatic nitrogens is 2. The molecule has 4 N–H and O–H groups in total. The lowest BCUT2D eigenvalue weighted by Gasteiger charge is -2.30. The molecule has 1 aliphatic rings. The summed E-state index contributed by atoms with van der Waals surface area (Å²) in [5, 5.41) is 9.90. The minimum atomic E-state index is -2.34. The summed E-state index contributed by atoms with van der Waals surface area (Å²) in [5.41, 5.74) is 1.56. The van der Waals surface area contributed by atoms with Crippen LogP contribution in [0.5, 0.6) is 0 Å². The smallest absolute Gasteiger partial charge is 0.330 e. The molecule has 1 aromatic rings. The summed E-state index contributed by atoms with van der Waals surface area (Å²) < 4.78 is 11.2. The first-order valence-corrected chi connectivity index (χ1v) is 6.23. The third kappa shape index (κ3) is 3.41. The quantitative estimate of drug-likeness (QED) is 0.318. The van der Waals surface area contributed by atoms with Crippen molar-refractivity contribution in [2.24, 2.45) is 5.73 Å². The molecule has 0 aliphatic carbocycles. The summed E-state index contributed by atoms with van der Waals surface area (Å²) in [5.74, 6) is -0.881. The van der Waals surface area contributed by atoms with Crippen LogP contribution in [0.2, 0.25) is 0 Å². The van der Waals surface area contributed by atoms with Crippen molar-refractivity contribution in [2.75, 3.05) is 6.54 Å². The topological polar surface area (TPSA) is 137 Å². The molecule has 0 aromatic carbocycles. The number of hydrogen-bond acceptors (Lipinski definition) is 7. The average molecular weight is 295 g/mol. The van der Waals surface area contributed by atoms with E-state index < -0.39 is 41.8 Å². The zero-order valence-electron chi connectivity index (χ0n) is 11.0. The fourth-order valence-electron chi connectivity index (χ4n) is 2.07. The number of H-pyrrole nitrogens is 1. The van der Waals surface area contributed by atoms with Gasteiger partial charge in [0.2, 0.25) is 0 Å². The van der Waals surface area contributed by atoms with E-state index in [2.05, 4.69) is 9.72 Å². The summed E-state index contributed by atoms with van der Waals surface area (Å²) in [6, 6.07) is 1.17. The number of esters is 1. The molecule has 0 amide bonds. The van der Waals surface area contributed by atoms with Gasteiger partial charge in [0.25, 0.3) is 5.56 Å². The van der Waals surface area contributed by atoms with E-state index in [1.807, 2.05) is 0 Å². The third-order valence-electron chi connectivity index (χ3n) is 3.06. The number of carbonyl (C=O) groups excluding carboxylic acids is 1. The van der Waals surface area contributed by atoms with Crippen molar-refractivity contribution in [3.8, 4) is 0 Å². The summed E-state index contributed by atoms with van der Waals surface area (Å²) in [6.45, 7) is -0.435. The maximum absolute atomic E-state index is 11.6. The lowest BCUT2D eigenvalue weighted by Crippen LogP contribution is -2.48. The molecule has 2 heterocycles. The highest BCUT2D eigenvalue weighted by Crippen LogP contribution is 2.32. The van der Waals surface area contributed by atoms with Crippen LogP contribution in [0.25, 0.3) is 0 Å². The van der Waals surface area contributed by atoms with Gasteiger partial charge in [-0.05, 0) is 12.8 Å². The molecule has 1 fully saturated rings. The molecule has 10 heteroatoms. The van der Waals surface area contributed by atoms with Crippen LogP contribution < -0.4 is 17.0 Å². The minimum Gasteiger partial charge on any atom is -0.440 e. The molecule has 1 aromatic heterocycles. The number of ether oxygens (including phenoxy) is 2. The Morgan fingerprint density at radius 3 is 2.95 bits per heavy atom. The van der Waals surface area contributed by atoms with Gasteiger partial charge in [-0.2, -0.15) is 0 Å². The molecule has 112 valence electrons. The van der Waals surface area contributed by atoms with E-state index in [1.165, 1.54) is 12.3 Å². The number of aromatic amines is 1. The third-order valence-corrected chi connectivity index (χ3v) is 3.06. The van der Waals surface area contributed by atoms with Gasteiger partial charge in [0.1, 0.15) is 12.3 Å². The second-order valence-electron chi connectivity index (χ2n) is 4.60. The Morgan fingerprint density at radius 2 is 2.33 bits per heavy atom. The maximum Gasteiger partial charge on any atom is 0.330 e. The Morgan fingerprint density at radius 1 is 1.62 bits per heavy atom. The second kappa shape index (κ2) is 5.84. The van der Waals surface area contributed by atoms with Crippen molar-refractivity contribution < 1.29 is 19.4 Å². The zero-order chi connectivity index (χ0) is 15.6. The predicted octanol–water partition coefficient (Wildman–Crippen LogP) is -2.47. The van der Waals surface area contributed by atoms with Crippen LogP contribution in [0.3, 0.4) is 0 Å². The van der Waals surface area contributed by atoms with Crippen molar-refractivity contribution in [1.82, 2.24) is 9.55 Å².